The molecule has 2 heterocycles. The van der Waals surface area contributed by atoms with Crippen LogP contribution in [0.5, 0.6) is 5.75 Å². The largest absolute Gasteiger partial charge is 0.486 e. The summed E-state index contributed by atoms with van der Waals surface area (Å²) in [6, 6.07) is 11.4. The third-order valence-electron chi connectivity index (χ3n) is 4.67. The van der Waals surface area contributed by atoms with E-state index in [0.29, 0.717) is 23.8 Å². The highest BCUT2D eigenvalue weighted by molar-refractivity contribution is 5.94. The van der Waals surface area contributed by atoms with Crippen LogP contribution in [-0.2, 0) is 13.2 Å². The van der Waals surface area contributed by atoms with Crippen LogP contribution in [-0.4, -0.2) is 23.0 Å². The van der Waals surface area contributed by atoms with Crippen molar-refractivity contribution in [3.63, 3.8) is 0 Å². The number of aromatic nitrogens is 1. The zero-order valence-electron chi connectivity index (χ0n) is 15.5. The lowest BCUT2D eigenvalue weighted by Crippen LogP contribution is -2.27. The predicted molar refractivity (Wildman–Crippen MR) is 98.5 cm³/mol. The van der Waals surface area contributed by atoms with Gasteiger partial charge < -0.3 is 18.6 Å². The van der Waals surface area contributed by atoms with E-state index in [9.17, 15) is 4.79 Å². The molecule has 4 rings (SSSR count). The molecule has 1 aromatic carbocycles. The van der Waals surface area contributed by atoms with E-state index in [1.807, 2.05) is 37.3 Å². The lowest BCUT2D eigenvalue weighted by atomic mass is 10.2. The summed E-state index contributed by atoms with van der Waals surface area (Å²) in [6.07, 6.45) is 3.82. The molecule has 0 unspecified atom stereocenters. The van der Waals surface area contributed by atoms with Gasteiger partial charge in [0.05, 0.1) is 18.4 Å². The summed E-state index contributed by atoms with van der Waals surface area (Å²) in [7, 11) is 1.74. The van der Waals surface area contributed by atoms with E-state index in [0.717, 1.165) is 35.6 Å². The van der Waals surface area contributed by atoms with Gasteiger partial charge in [-0.25, -0.2) is 0 Å². The number of hydrogen-bond acceptors (Lipinski definition) is 5. The van der Waals surface area contributed by atoms with Gasteiger partial charge in [-0.1, -0.05) is 22.9 Å². The number of hydrogen-bond donors (Lipinski definition) is 0. The summed E-state index contributed by atoms with van der Waals surface area (Å²) in [5, 5.41) is 4.07. The monoisotopic (exact) mass is 366 g/mol. The van der Waals surface area contributed by atoms with E-state index in [-0.39, 0.29) is 12.5 Å². The molecule has 0 N–H and O–H groups in total. The van der Waals surface area contributed by atoms with Gasteiger partial charge in [0, 0.05) is 19.0 Å². The van der Waals surface area contributed by atoms with Crippen LogP contribution in [0.2, 0.25) is 0 Å². The predicted octanol–water partition coefficient (Wildman–Crippen LogP) is 4.30. The minimum atomic E-state index is -0.137. The molecule has 1 fully saturated rings. The Bertz CT molecular complexity index is 922. The molecule has 0 saturated heterocycles. The van der Waals surface area contributed by atoms with Crippen molar-refractivity contribution < 1.29 is 18.5 Å². The van der Waals surface area contributed by atoms with Crippen LogP contribution >= 0.6 is 0 Å². The maximum absolute atomic E-state index is 12.8. The van der Waals surface area contributed by atoms with E-state index in [2.05, 4.69) is 5.16 Å². The molecule has 0 spiro atoms. The van der Waals surface area contributed by atoms with Crippen molar-refractivity contribution >= 4 is 5.91 Å². The highest BCUT2D eigenvalue weighted by Gasteiger charge is 2.28. The number of aryl methyl sites for hydroxylation is 1. The fourth-order valence-corrected chi connectivity index (χ4v) is 2.91. The van der Waals surface area contributed by atoms with Gasteiger partial charge in [-0.05, 0) is 38.0 Å². The van der Waals surface area contributed by atoms with E-state index in [1.54, 1.807) is 18.0 Å². The number of amides is 1. The van der Waals surface area contributed by atoms with Gasteiger partial charge in [0.15, 0.2) is 5.76 Å². The zero-order valence-corrected chi connectivity index (χ0v) is 15.5. The van der Waals surface area contributed by atoms with Crippen molar-refractivity contribution in [2.45, 2.75) is 38.8 Å². The van der Waals surface area contributed by atoms with Crippen molar-refractivity contribution in [1.29, 1.82) is 0 Å². The first kappa shape index (κ1) is 17.4. The fraction of sp³-hybridized carbons (Fsp3) is 0.333. The van der Waals surface area contributed by atoms with Gasteiger partial charge in [0.25, 0.3) is 5.91 Å². The van der Waals surface area contributed by atoms with Crippen LogP contribution in [0.15, 0.2) is 51.6 Å². The fourth-order valence-electron chi connectivity index (χ4n) is 2.91. The first-order valence-corrected chi connectivity index (χ1v) is 9.07. The van der Waals surface area contributed by atoms with Crippen LogP contribution in [0.25, 0.3) is 0 Å². The zero-order chi connectivity index (χ0) is 18.8. The lowest BCUT2D eigenvalue weighted by Gasteiger charge is -2.15. The topological polar surface area (TPSA) is 68.7 Å². The summed E-state index contributed by atoms with van der Waals surface area (Å²) in [5.74, 6) is 2.53. The normalized spacial score (nSPS) is 13.6. The van der Waals surface area contributed by atoms with Gasteiger partial charge >= 0.3 is 0 Å². The first-order valence-electron chi connectivity index (χ1n) is 9.07. The number of carbonyl (C=O) groups is 1. The SMILES string of the molecule is Cc1ccc(OCc2occc2C(=O)N(C)Cc2cc(C3CC3)on2)cc1. The second kappa shape index (κ2) is 7.31. The van der Waals surface area contributed by atoms with Gasteiger partial charge in [-0.15, -0.1) is 0 Å². The minimum absolute atomic E-state index is 0.137. The Morgan fingerprint density at radius 1 is 1.26 bits per heavy atom. The first-order chi connectivity index (χ1) is 13.1. The quantitative estimate of drug-likeness (QED) is 0.623. The van der Waals surface area contributed by atoms with E-state index < -0.39 is 0 Å². The molecule has 27 heavy (non-hydrogen) atoms. The summed E-state index contributed by atoms with van der Waals surface area (Å²) in [6.45, 7) is 2.60. The number of carbonyl (C=O) groups excluding carboxylic acids is 1. The van der Waals surface area contributed by atoms with Gasteiger partial charge in [0.2, 0.25) is 0 Å². The second-order valence-electron chi connectivity index (χ2n) is 7.02. The molecule has 0 atom stereocenters. The third-order valence-corrected chi connectivity index (χ3v) is 4.67. The Morgan fingerprint density at radius 3 is 2.78 bits per heavy atom. The van der Waals surface area contributed by atoms with Crippen LogP contribution in [0, 0.1) is 6.92 Å². The maximum Gasteiger partial charge on any atom is 0.257 e. The molecule has 0 bridgehead atoms. The number of ether oxygens (including phenoxy) is 1. The Kier molecular flexibility index (Phi) is 4.71. The smallest absolute Gasteiger partial charge is 0.257 e. The molecule has 0 radical (unpaired) electrons. The number of rotatable bonds is 7. The van der Waals surface area contributed by atoms with Crippen molar-refractivity contribution in [2.24, 2.45) is 0 Å². The molecule has 1 aliphatic carbocycles. The van der Waals surface area contributed by atoms with Crippen LogP contribution in [0.1, 0.15) is 51.9 Å². The summed E-state index contributed by atoms with van der Waals surface area (Å²) in [4.78, 5) is 14.4. The standard InChI is InChI=1S/C21H22N2O4/c1-14-3-7-17(8-4-14)26-13-20-18(9-10-25-20)21(24)23(2)12-16-11-19(27-22-16)15-5-6-15/h3-4,7-11,15H,5-6,12-13H2,1-2H3. The average molecular weight is 366 g/mol. The molecular weight excluding hydrogens is 344 g/mol. The summed E-state index contributed by atoms with van der Waals surface area (Å²) < 4.78 is 16.6. The Balaban J connectivity index is 1.39. The number of nitrogens with zero attached hydrogens (tertiary/aromatic N) is 2. The van der Waals surface area contributed by atoms with Crippen molar-refractivity contribution in [3.8, 4) is 5.75 Å². The van der Waals surface area contributed by atoms with Crippen molar-refractivity contribution in [2.75, 3.05) is 7.05 Å². The van der Waals surface area contributed by atoms with Crippen molar-refractivity contribution in [3.05, 3.63) is 71.0 Å². The van der Waals surface area contributed by atoms with Crippen LogP contribution < -0.4 is 4.74 Å². The van der Waals surface area contributed by atoms with E-state index in [1.165, 1.54) is 6.26 Å². The molecular formula is C21H22N2O4. The average Bonchev–Trinajstić information content (AvgIpc) is 3.23. The highest BCUT2D eigenvalue weighted by Crippen LogP contribution is 2.40. The lowest BCUT2D eigenvalue weighted by molar-refractivity contribution is 0.0777. The number of furan rings is 1. The Hall–Kier alpha value is -3.02. The summed E-state index contributed by atoms with van der Waals surface area (Å²) in [5.41, 5.74) is 2.42. The number of benzene rings is 1. The Labute approximate surface area is 157 Å². The molecule has 1 saturated carbocycles. The Morgan fingerprint density at radius 2 is 2.04 bits per heavy atom. The third kappa shape index (κ3) is 4.05. The van der Waals surface area contributed by atoms with E-state index in [4.69, 9.17) is 13.7 Å². The molecule has 140 valence electrons. The van der Waals surface area contributed by atoms with Crippen molar-refractivity contribution in [1.82, 2.24) is 10.1 Å². The summed E-state index contributed by atoms with van der Waals surface area (Å²) >= 11 is 0. The second-order valence-corrected chi connectivity index (χ2v) is 7.02. The minimum Gasteiger partial charge on any atom is -0.486 e. The molecule has 0 aliphatic heterocycles. The molecule has 6 heteroatoms. The molecule has 3 aromatic rings. The maximum atomic E-state index is 12.8. The molecule has 1 aliphatic rings. The van der Waals surface area contributed by atoms with Gasteiger partial charge in [-0.3, -0.25) is 4.79 Å². The van der Waals surface area contributed by atoms with Crippen LogP contribution in [0.3, 0.4) is 0 Å². The van der Waals surface area contributed by atoms with Crippen LogP contribution in [0.4, 0.5) is 0 Å². The highest BCUT2D eigenvalue weighted by atomic mass is 16.5. The van der Waals surface area contributed by atoms with Gasteiger partial charge in [0.1, 0.15) is 23.8 Å². The molecule has 2 aromatic heterocycles. The van der Waals surface area contributed by atoms with Gasteiger partial charge in [-0.2, -0.15) is 0 Å². The molecule has 1 amide bonds. The molecule has 6 nitrogen and oxygen atoms in total. The van der Waals surface area contributed by atoms with E-state index >= 15 is 0 Å².